The van der Waals surface area contributed by atoms with E-state index in [1.54, 1.807) is 0 Å². The molecule has 3 N–H and O–H groups in total. The van der Waals surface area contributed by atoms with Crippen LogP contribution in [0.15, 0.2) is 61.2 Å². The minimum Gasteiger partial charge on any atom is -0.445 e. The monoisotopic (exact) mass is 587 g/mol. The van der Waals surface area contributed by atoms with Crippen molar-refractivity contribution >= 4 is 29.7 Å². The number of β-amino-alcohol motifs (C(OH)–C–C–N with tert-alkyl or cyclic N) is 1. The fraction of sp³-hybridized carbons (Fsp3) is 0.346. The highest BCUT2D eigenvalue weighted by Crippen LogP contribution is 2.23. The lowest BCUT2D eigenvalue weighted by molar-refractivity contribution is -0.385. The maximum absolute atomic E-state index is 12.8. The molecule has 0 radical (unpaired) electrons. The minimum absolute atomic E-state index is 0.0560. The number of aliphatic hydroxyl groups is 1. The number of non-ortho nitro benzene ring substituents is 2. The predicted octanol–water partition coefficient (Wildman–Crippen LogP) is 3.13. The van der Waals surface area contributed by atoms with Crippen LogP contribution >= 0.6 is 0 Å². The number of rotatable bonds is 12. The van der Waals surface area contributed by atoms with Gasteiger partial charge in [-0.25, -0.2) is 14.4 Å². The third-order valence-electron chi connectivity index (χ3n) is 6.08. The number of nitro groups is 2. The van der Waals surface area contributed by atoms with Crippen LogP contribution in [0.4, 0.5) is 25.8 Å². The number of carbonyl (C=O) groups excluding carboxylic acids is 3. The lowest BCUT2D eigenvalue weighted by Gasteiger charge is -2.28. The summed E-state index contributed by atoms with van der Waals surface area (Å²) in [6, 6.07) is 10.1. The van der Waals surface area contributed by atoms with Crippen molar-refractivity contribution < 1.29 is 43.5 Å². The second-order valence-corrected chi connectivity index (χ2v) is 9.14. The summed E-state index contributed by atoms with van der Waals surface area (Å²) in [5.41, 5.74) is 0.746. The molecule has 224 valence electrons. The Morgan fingerprint density at radius 1 is 0.929 bits per heavy atom. The highest BCUT2D eigenvalue weighted by atomic mass is 16.6. The number of alkyl carbamates (subject to hydrolysis) is 2. The Labute approximate surface area is 239 Å². The molecule has 1 saturated heterocycles. The molecule has 16 nitrogen and oxygen atoms in total. The molecule has 2 aromatic rings. The molecule has 3 atom stereocenters. The van der Waals surface area contributed by atoms with Gasteiger partial charge in [0.15, 0.2) is 0 Å². The first kappa shape index (κ1) is 31.3. The van der Waals surface area contributed by atoms with E-state index in [2.05, 4.69) is 17.2 Å². The molecule has 0 bridgehead atoms. The average molecular weight is 588 g/mol. The number of amides is 3. The van der Waals surface area contributed by atoms with Crippen molar-refractivity contribution in [2.45, 2.75) is 44.4 Å². The first-order valence-corrected chi connectivity index (χ1v) is 12.6. The summed E-state index contributed by atoms with van der Waals surface area (Å²) >= 11 is 0. The molecular formula is C26H29N5O11. The molecule has 1 heterocycles. The lowest BCUT2D eigenvalue weighted by Crippen LogP contribution is -2.51. The maximum atomic E-state index is 12.8. The van der Waals surface area contributed by atoms with Crippen LogP contribution in [-0.4, -0.2) is 69.6 Å². The van der Waals surface area contributed by atoms with Crippen molar-refractivity contribution in [3.63, 3.8) is 0 Å². The van der Waals surface area contributed by atoms with Crippen molar-refractivity contribution in [2.75, 3.05) is 13.2 Å². The van der Waals surface area contributed by atoms with Crippen molar-refractivity contribution in [2.24, 2.45) is 0 Å². The second-order valence-electron chi connectivity index (χ2n) is 9.14. The zero-order valence-electron chi connectivity index (χ0n) is 22.2. The van der Waals surface area contributed by atoms with Gasteiger partial charge >= 0.3 is 18.3 Å². The Bertz CT molecular complexity index is 1290. The number of benzene rings is 2. The lowest BCUT2D eigenvalue weighted by atomic mass is 10.1. The minimum atomic E-state index is -1.10. The van der Waals surface area contributed by atoms with Gasteiger partial charge in [0.1, 0.15) is 26.0 Å². The van der Waals surface area contributed by atoms with E-state index in [0.717, 1.165) is 0 Å². The van der Waals surface area contributed by atoms with Crippen LogP contribution < -0.4 is 10.6 Å². The number of nitrogens with one attached hydrogen (secondary N) is 2. The Kier molecular flexibility index (Phi) is 11.1. The van der Waals surface area contributed by atoms with Gasteiger partial charge in [0, 0.05) is 36.7 Å². The van der Waals surface area contributed by atoms with E-state index < -0.39 is 46.4 Å². The number of ether oxygens (including phenoxy) is 3. The molecule has 2 aromatic carbocycles. The molecular weight excluding hydrogens is 558 g/mol. The summed E-state index contributed by atoms with van der Waals surface area (Å²) in [6.07, 6.45) is -3.20. The normalized spacial score (nSPS) is 16.5. The van der Waals surface area contributed by atoms with Gasteiger partial charge in [-0.05, 0) is 41.8 Å². The van der Waals surface area contributed by atoms with E-state index in [0.29, 0.717) is 11.1 Å². The molecule has 0 aliphatic carbocycles. The van der Waals surface area contributed by atoms with Crippen LogP contribution in [0.2, 0.25) is 0 Å². The quantitative estimate of drug-likeness (QED) is 0.108. The maximum Gasteiger partial charge on any atom is 0.410 e. The van der Waals surface area contributed by atoms with Gasteiger partial charge in [0.05, 0.1) is 22.5 Å². The molecule has 42 heavy (non-hydrogen) atoms. The number of likely N-dealkylation sites (tertiary alicyclic amines) is 1. The molecule has 3 rings (SSSR count). The number of nitrogens with zero attached hydrogens (tertiary/aromatic N) is 3. The van der Waals surface area contributed by atoms with Crippen molar-refractivity contribution in [1.82, 2.24) is 15.5 Å². The Hall–Kier alpha value is -5.25. The van der Waals surface area contributed by atoms with Crippen LogP contribution in [0.1, 0.15) is 24.0 Å². The standard InChI is InChI=1S/C26H29N5O11/c1-2-11-40-24(33)27-23(28-25(34)41-15-17-3-7-19(8-4-17)30(36)37)13-21-12-22(32)14-29(21)26(35)42-16-18-5-9-20(10-6-18)31(38)39/h2-10,21-23,32H,1,11-16H2,(H,27,33)(H,28,34)/t21-,22-,23?/m1/s1. The highest BCUT2D eigenvalue weighted by molar-refractivity contribution is 5.71. The topological polar surface area (TPSA) is 213 Å². The number of nitro benzene ring substituents is 2. The number of carbonyl (C=O) groups is 3. The largest absolute Gasteiger partial charge is 0.445 e. The second kappa shape index (κ2) is 14.9. The molecule has 0 aromatic heterocycles. The zero-order valence-corrected chi connectivity index (χ0v) is 22.2. The summed E-state index contributed by atoms with van der Waals surface area (Å²) in [7, 11) is 0. The summed E-state index contributed by atoms with van der Waals surface area (Å²) in [6.45, 7) is 2.88. The molecule has 3 amide bonds. The first-order valence-electron chi connectivity index (χ1n) is 12.6. The zero-order chi connectivity index (χ0) is 30.6. The summed E-state index contributed by atoms with van der Waals surface area (Å²) in [5, 5.41) is 36.8. The van der Waals surface area contributed by atoms with Gasteiger partial charge in [0.2, 0.25) is 0 Å². The van der Waals surface area contributed by atoms with Crippen molar-refractivity contribution in [3.8, 4) is 0 Å². The molecule has 0 saturated carbocycles. The summed E-state index contributed by atoms with van der Waals surface area (Å²) in [5.74, 6) is 0. The predicted molar refractivity (Wildman–Crippen MR) is 144 cm³/mol. The van der Waals surface area contributed by atoms with Gasteiger partial charge in [0.25, 0.3) is 11.4 Å². The van der Waals surface area contributed by atoms with Crippen molar-refractivity contribution in [1.29, 1.82) is 0 Å². The van der Waals surface area contributed by atoms with Crippen LogP contribution in [0.25, 0.3) is 0 Å². The van der Waals surface area contributed by atoms with Crippen molar-refractivity contribution in [3.05, 3.63) is 92.5 Å². The highest BCUT2D eigenvalue weighted by Gasteiger charge is 2.37. The molecule has 16 heteroatoms. The van der Waals surface area contributed by atoms with E-state index in [1.807, 2.05) is 0 Å². The average Bonchev–Trinajstić information content (AvgIpc) is 3.33. The Balaban J connectivity index is 1.62. The van der Waals surface area contributed by atoms with Crippen LogP contribution in [0.3, 0.4) is 0 Å². The van der Waals surface area contributed by atoms with Gasteiger partial charge in [-0.15, -0.1) is 0 Å². The summed E-state index contributed by atoms with van der Waals surface area (Å²) < 4.78 is 15.4. The van der Waals surface area contributed by atoms with E-state index in [1.165, 1.54) is 59.5 Å². The van der Waals surface area contributed by atoms with Gasteiger partial charge < -0.3 is 34.9 Å². The van der Waals surface area contributed by atoms with E-state index in [4.69, 9.17) is 14.2 Å². The van der Waals surface area contributed by atoms with Gasteiger partial charge in [-0.2, -0.15) is 0 Å². The van der Waals surface area contributed by atoms with Crippen LogP contribution in [0, 0.1) is 20.2 Å². The smallest absolute Gasteiger partial charge is 0.410 e. The third-order valence-corrected chi connectivity index (χ3v) is 6.08. The molecule has 0 spiro atoms. The fourth-order valence-corrected chi connectivity index (χ4v) is 4.07. The number of hydrogen-bond donors (Lipinski definition) is 3. The van der Waals surface area contributed by atoms with Crippen LogP contribution in [-0.2, 0) is 27.4 Å². The fourth-order valence-electron chi connectivity index (χ4n) is 4.07. The Morgan fingerprint density at radius 2 is 1.43 bits per heavy atom. The molecule has 1 fully saturated rings. The first-order chi connectivity index (χ1) is 20.0. The van der Waals surface area contributed by atoms with E-state index >= 15 is 0 Å². The van der Waals surface area contributed by atoms with E-state index in [9.17, 15) is 39.7 Å². The SMILES string of the molecule is C=CCOC(=O)NC(C[C@H]1C[C@@H](O)CN1C(=O)OCc1ccc([N+](=O)[O-])cc1)NC(=O)OCc1ccc([N+](=O)[O-])cc1. The van der Waals surface area contributed by atoms with E-state index in [-0.39, 0.29) is 50.6 Å². The molecule has 1 unspecified atom stereocenters. The van der Waals surface area contributed by atoms with Gasteiger partial charge in [-0.3, -0.25) is 20.2 Å². The van der Waals surface area contributed by atoms with Crippen LogP contribution in [0.5, 0.6) is 0 Å². The molecule has 1 aliphatic heterocycles. The number of hydrogen-bond acceptors (Lipinski definition) is 11. The number of aliphatic hydroxyl groups excluding tert-OH is 1. The summed E-state index contributed by atoms with van der Waals surface area (Å²) in [4.78, 5) is 59.4. The Morgan fingerprint density at radius 3 is 1.93 bits per heavy atom. The van der Waals surface area contributed by atoms with Gasteiger partial charge in [-0.1, -0.05) is 12.7 Å². The molecule has 1 aliphatic rings. The third kappa shape index (κ3) is 9.44.